The van der Waals surface area contributed by atoms with E-state index in [2.05, 4.69) is 55.0 Å². The van der Waals surface area contributed by atoms with Crippen LogP contribution in [0.3, 0.4) is 0 Å². The van der Waals surface area contributed by atoms with E-state index >= 15 is 0 Å². The van der Waals surface area contributed by atoms with Crippen LogP contribution < -0.4 is 0 Å². The highest BCUT2D eigenvalue weighted by atomic mass is 16.3. The van der Waals surface area contributed by atoms with Gasteiger partial charge in [0.05, 0.1) is 5.69 Å². The summed E-state index contributed by atoms with van der Waals surface area (Å²) in [6.45, 7) is 2.67. The number of pyridine rings is 1. The van der Waals surface area contributed by atoms with Gasteiger partial charge in [0.15, 0.2) is 0 Å². The Morgan fingerprint density at radius 1 is 1.00 bits per heavy atom. The minimum atomic E-state index is -0.250. The quantitative estimate of drug-likeness (QED) is 0.743. The number of aryl methyl sites for hydroxylation is 1. The Labute approximate surface area is 168 Å². The fourth-order valence-electron chi connectivity index (χ4n) is 4.48. The third-order valence-electron chi connectivity index (χ3n) is 6.03. The highest BCUT2D eigenvalue weighted by Gasteiger charge is 2.43. The van der Waals surface area contributed by atoms with Crippen molar-refractivity contribution in [1.29, 1.82) is 0 Å². The lowest BCUT2D eigenvalue weighted by atomic mass is 10.0. The number of nitrogens with zero attached hydrogens (tertiary/aromatic N) is 3. The lowest BCUT2D eigenvalue weighted by molar-refractivity contribution is -0.123. The van der Waals surface area contributed by atoms with Gasteiger partial charge in [0.2, 0.25) is 0 Å². The van der Waals surface area contributed by atoms with Gasteiger partial charge in [0.1, 0.15) is 0 Å². The molecule has 0 amide bonds. The molecule has 2 N–H and O–H groups in total. The molecule has 28 heavy (non-hydrogen) atoms. The zero-order chi connectivity index (χ0) is 21.1. The molecule has 0 saturated heterocycles. The summed E-state index contributed by atoms with van der Waals surface area (Å²) in [5.74, 6) is 1.91. The fraction of sp³-hybridized carbons (Fsp3) is 0.667. The van der Waals surface area contributed by atoms with E-state index in [0.29, 0.717) is 0 Å². The van der Waals surface area contributed by atoms with Crippen LogP contribution in [0.15, 0.2) is 18.3 Å². The van der Waals surface area contributed by atoms with Gasteiger partial charge < -0.3 is 15.1 Å². The summed E-state index contributed by atoms with van der Waals surface area (Å²) < 4.78 is 0. The van der Waals surface area contributed by atoms with Gasteiger partial charge in [0, 0.05) is 24.8 Å². The number of hydrogen-bond acceptors (Lipinski definition) is 5. The van der Waals surface area contributed by atoms with E-state index in [1.807, 2.05) is 6.20 Å². The molecule has 2 unspecified atom stereocenters. The van der Waals surface area contributed by atoms with E-state index < -0.39 is 0 Å². The molecule has 0 aromatic carbocycles. The van der Waals surface area contributed by atoms with Crippen molar-refractivity contribution in [1.82, 2.24) is 14.8 Å². The van der Waals surface area contributed by atoms with Crippen molar-refractivity contribution in [2.24, 2.45) is 11.8 Å². The van der Waals surface area contributed by atoms with Crippen LogP contribution in [0.4, 0.5) is 0 Å². The SMILES string of the molecule is CCc1ccc(CN(C)C2C[C@H]3CC(N(C)C)C[C@H]3C2)nc1.O=CO.O=CO. The molecule has 0 bridgehead atoms. The predicted molar refractivity (Wildman–Crippen MR) is 109 cm³/mol. The van der Waals surface area contributed by atoms with Gasteiger partial charge in [-0.05, 0) is 76.7 Å². The fourth-order valence-corrected chi connectivity index (χ4v) is 4.48. The maximum absolute atomic E-state index is 8.36. The topological polar surface area (TPSA) is 94.0 Å². The summed E-state index contributed by atoms with van der Waals surface area (Å²) in [6, 6.07) is 6.00. The molecular weight excluding hydrogens is 358 g/mol. The number of carboxylic acid groups (broad SMARTS) is 2. The van der Waals surface area contributed by atoms with Crippen LogP contribution in [0, 0.1) is 11.8 Å². The molecule has 2 aliphatic rings. The Bertz CT molecular complexity index is 560. The summed E-state index contributed by atoms with van der Waals surface area (Å²) >= 11 is 0. The molecule has 0 radical (unpaired) electrons. The second-order valence-corrected chi connectivity index (χ2v) is 7.87. The standard InChI is InChI=1S/C19H31N3.2CH2O2/c1-5-14-6-7-17(20-12-14)13-22(4)19-10-15-8-18(21(2)3)9-16(15)11-19;2*2-1-3/h6-7,12,15-16,18-19H,5,8-11,13H2,1-4H3;2*1H,(H,2,3)/t15-,16+,18?,19?;;. The molecule has 7 nitrogen and oxygen atoms in total. The van der Waals surface area contributed by atoms with Crippen molar-refractivity contribution in [3.8, 4) is 0 Å². The minimum Gasteiger partial charge on any atom is -0.483 e. The van der Waals surface area contributed by atoms with Gasteiger partial charge in [-0.1, -0.05) is 13.0 Å². The Kier molecular flexibility index (Phi) is 10.7. The van der Waals surface area contributed by atoms with Gasteiger partial charge >= 0.3 is 0 Å². The van der Waals surface area contributed by atoms with Crippen LogP contribution in [-0.4, -0.2) is 71.2 Å². The molecular formula is C21H35N3O4. The Morgan fingerprint density at radius 2 is 1.50 bits per heavy atom. The van der Waals surface area contributed by atoms with Gasteiger partial charge in [-0.15, -0.1) is 0 Å². The third kappa shape index (κ3) is 7.20. The first-order chi connectivity index (χ1) is 13.4. The summed E-state index contributed by atoms with van der Waals surface area (Å²) in [4.78, 5) is 26.3. The molecule has 0 aliphatic heterocycles. The third-order valence-corrected chi connectivity index (χ3v) is 6.03. The average Bonchev–Trinajstić information content (AvgIpc) is 3.23. The summed E-state index contributed by atoms with van der Waals surface area (Å²) in [6.07, 6.45) is 8.70. The predicted octanol–water partition coefficient (Wildman–Crippen LogP) is 2.60. The van der Waals surface area contributed by atoms with Crippen molar-refractivity contribution in [2.75, 3.05) is 21.1 Å². The first-order valence-electron chi connectivity index (χ1n) is 9.86. The van der Waals surface area contributed by atoms with Crippen LogP contribution in [0.1, 0.15) is 43.9 Å². The maximum Gasteiger partial charge on any atom is 0.290 e. The summed E-state index contributed by atoms with van der Waals surface area (Å²) in [5.41, 5.74) is 2.54. The first kappa shape index (κ1) is 24.0. The lowest BCUT2D eigenvalue weighted by Gasteiger charge is -2.26. The number of aromatic nitrogens is 1. The normalized spacial score (nSPS) is 25.4. The number of hydrogen-bond donors (Lipinski definition) is 2. The van der Waals surface area contributed by atoms with Crippen molar-refractivity contribution in [3.63, 3.8) is 0 Å². The highest BCUT2D eigenvalue weighted by molar-refractivity contribution is 5.33. The van der Waals surface area contributed by atoms with Crippen LogP contribution in [0.25, 0.3) is 0 Å². The second-order valence-electron chi connectivity index (χ2n) is 7.87. The molecule has 7 heteroatoms. The molecule has 4 atom stereocenters. The molecule has 1 aromatic rings. The Hall–Kier alpha value is -1.99. The molecule has 158 valence electrons. The van der Waals surface area contributed by atoms with E-state index in [-0.39, 0.29) is 12.9 Å². The summed E-state index contributed by atoms with van der Waals surface area (Å²) in [5, 5.41) is 13.8. The van der Waals surface area contributed by atoms with Crippen LogP contribution >= 0.6 is 0 Å². The van der Waals surface area contributed by atoms with E-state index in [9.17, 15) is 0 Å². The van der Waals surface area contributed by atoms with E-state index in [0.717, 1.165) is 36.9 Å². The van der Waals surface area contributed by atoms with Crippen molar-refractivity contribution < 1.29 is 19.8 Å². The zero-order valence-corrected chi connectivity index (χ0v) is 17.5. The highest BCUT2D eigenvalue weighted by Crippen LogP contribution is 2.46. The van der Waals surface area contributed by atoms with Crippen molar-refractivity contribution in [3.05, 3.63) is 29.6 Å². The largest absolute Gasteiger partial charge is 0.483 e. The molecule has 2 fully saturated rings. The Morgan fingerprint density at radius 3 is 1.89 bits per heavy atom. The molecule has 3 rings (SSSR count). The number of carbonyl (C=O) groups is 2. The molecule has 2 saturated carbocycles. The minimum absolute atomic E-state index is 0.250. The molecule has 1 aromatic heterocycles. The van der Waals surface area contributed by atoms with Gasteiger partial charge in [-0.2, -0.15) is 0 Å². The summed E-state index contributed by atoms with van der Waals surface area (Å²) in [7, 11) is 6.76. The second kappa shape index (κ2) is 12.5. The van der Waals surface area contributed by atoms with Crippen LogP contribution in [0.5, 0.6) is 0 Å². The van der Waals surface area contributed by atoms with Crippen molar-refractivity contribution in [2.45, 2.75) is 57.7 Å². The zero-order valence-electron chi connectivity index (χ0n) is 17.5. The number of rotatable bonds is 5. The van der Waals surface area contributed by atoms with Gasteiger partial charge in [0.25, 0.3) is 12.9 Å². The van der Waals surface area contributed by atoms with Crippen LogP contribution in [0.2, 0.25) is 0 Å². The maximum atomic E-state index is 8.36. The molecule has 1 heterocycles. The molecule has 0 spiro atoms. The monoisotopic (exact) mass is 393 g/mol. The molecule has 2 aliphatic carbocycles. The van der Waals surface area contributed by atoms with E-state index in [1.165, 1.54) is 36.9 Å². The first-order valence-corrected chi connectivity index (χ1v) is 9.86. The van der Waals surface area contributed by atoms with Gasteiger partial charge in [-0.25, -0.2) is 0 Å². The van der Waals surface area contributed by atoms with E-state index in [4.69, 9.17) is 19.8 Å². The van der Waals surface area contributed by atoms with Crippen LogP contribution in [-0.2, 0) is 22.6 Å². The van der Waals surface area contributed by atoms with E-state index in [1.54, 1.807) is 0 Å². The van der Waals surface area contributed by atoms with Crippen molar-refractivity contribution >= 4 is 12.9 Å². The average molecular weight is 394 g/mol. The van der Waals surface area contributed by atoms with Gasteiger partial charge in [-0.3, -0.25) is 19.5 Å². The lowest BCUT2D eigenvalue weighted by Crippen LogP contribution is -2.31. The Balaban J connectivity index is 0.000000582. The number of fused-ring (bicyclic) bond motifs is 1. The smallest absolute Gasteiger partial charge is 0.290 e.